The molecule has 0 aliphatic carbocycles. The van der Waals surface area contributed by atoms with Gasteiger partial charge in [0.05, 0.1) is 25.4 Å². The molecule has 0 bridgehead atoms. The van der Waals surface area contributed by atoms with Crippen molar-refractivity contribution in [3.05, 3.63) is 59.0 Å². The van der Waals surface area contributed by atoms with Gasteiger partial charge in [-0.1, -0.05) is 11.6 Å². The summed E-state index contributed by atoms with van der Waals surface area (Å²) in [6, 6.07) is 7.39. The van der Waals surface area contributed by atoms with E-state index in [0.29, 0.717) is 11.6 Å². The van der Waals surface area contributed by atoms with Crippen molar-refractivity contribution in [2.75, 3.05) is 25.1 Å². The molecular formula is C22H24ClN7O2. The Bertz CT molecular complexity index is 1130. The van der Waals surface area contributed by atoms with Crippen molar-refractivity contribution in [2.45, 2.75) is 38.3 Å². The molecule has 0 N–H and O–H groups in total. The van der Waals surface area contributed by atoms with Gasteiger partial charge in [0.1, 0.15) is 18.0 Å². The van der Waals surface area contributed by atoms with Crippen LogP contribution in [0.2, 0.25) is 5.02 Å². The van der Waals surface area contributed by atoms with Crippen molar-refractivity contribution in [3.63, 3.8) is 0 Å². The standard InChI is InChI=1S/C22H24ClN7O2/c1-14-20-26-27-21(15-6-9-28(10-7-15)19-5-8-24-13-25-19)30(20)18-4-3-17(23)11-16(18)12-29(14)22(31)32-2/h3-5,8,11,13-15H,6-7,9-10,12H2,1-2H3. The van der Waals surface area contributed by atoms with Crippen LogP contribution in [-0.4, -0.2) is 55.9 Å². The number of fused-ring (bicyclic) bond motifs is 3. The van der Waals surface area contributed by atoms with Gasteiger partial charge in [0.2, 0.25) is 0 Å². The number of halogens is 1. The fourth-order valence-electron chi connectivity index (χ4n) is 4.63. The van der Waals surface area contributed by atoms with E-state index in [9.17, 15) is 4.79 Å². The molecule has 32 heavy (non-hydrogen) atoms. The van der Waals surface area contributed by atoms with Crippen LogP contribution in [0.5, 0.6) is 0 Å². The number of hydrogen-bond donors (Lipinski definition) is 0. The van der Waals surface area contributed by atoms with E-state index in [2.05, 4.69) is 29.6 Å². The topological polar surface area (TPSA) is 89.3 Å². The lowest BCUT2D eigenvalue weighted by atomic mass is 9.95. The van der Waals surface area contributed by atoms with E-state index < -0.39 is 6.09 Å². The first-order valence-corrected chi connectivity index (χ1v) is 11.0. The summed E-state index contributed by atoms with van der Waals surface area (Å²) >= 11 is 6.30. The minimum Gasteiger partial charge on any atom is -0.453 e. The van der Waals surface area contributed by atoms with Crippen molar-refractivity contribution in [1.29, 1.82) is 0 Å². The van der Waals surface area contributed by atoms with Crippen LogP contribution in [0.3, 0.4) is 0 Å². The van der Waals surface area contributed by atoms with Crippen LogP contribution in [0.4, 0.5) is 10.6 Å². The lowest BCUT2D eigenvalue weighted by molar-refractivity contribution is 0.103. The van der Waals surface area contributed by atoms with Crippen molar-refractivity contribution >= 4 is 23.5 Å². The van der Waals surface area contributed by atoms with E-state index in [1.54, 1.807) is 17.4 Å². The highest BCUT2D eigenvalue weighted by molar-refractivity contribution is 6.30. The highest BCUT2D eigenvalue weighted by Crippen LogP contribution is 2.37. The first-order valence-electron chi connectivity index (χ1n) is 10.7. The first kappa shape index (κ1) is 20.7. The maximum Gasteiger partial charge on any atom is 0.410 e. The number of amides is 1. The number of benzene rings is 1. The summed E-state index contributed by atoms with van der Waals surface area (Å²) in [7, 11) is 1.39. The number of nitrogens with zero attached hydrogens (tertiary/aromatic N) is 7. The molecule has 166 valence electrons. The molecule has 2 aliphatic heterocycles. The Morgan fingerprint density at radius 2 is 1.94 bits per heavy atom. The third-order valence-electron chi connectivity index (χ3n) is 6.34. The molecule has 4 heterocycles. The normalized spacial score (nSPS) is 18.7. The molecule has 1 fully saturated rings. The second-order valence-corrected chi connectivity index (χ2v) is 8.56. The van der Waals surface area contributed by atoms with E-state index in [4.69, 9.17) is 16.3 Å². The second-order valence-electron chi connectivity index (χ2n) is 8.13. The zero-order chi connectivity index (χ0) is 22.2. The van der Waals surface area contributed by atoms with Crippen molar-refractivity contribution in [3.8, 4) is 5.69 Å². The minimum absolute atomic E-state index is 0.245. The lowest BCUT2D eigenvalue weighted by Crippen LogP contribution is -2.34. The van der Waals surface area contributed by atoms with Gasteiger partial charge in [-0.15, -0.1) is 10.2 Å². The fourth-order valence-corrected chi connectivity index (χ4v) is 4.82. The number of carbonyl (C=O) groups is 1. The van der Waals surface area contributed by atoms with Gasteiger partial charge in [-0.25, -0.2) is 14.8 Å². The molecule has 1 amide bonds. The maximum atomic E-state index is 12.5. The Hall–Kier alpha value is -3.20. The van der Waals surface area contributed by atoms with E-state index >= 15 is 0 Å². The zero-order valence-electron chi connectivity index (χ0n) is 18.0. The molecule has 9 nitrogen and oxygen atoms in total. The van der Waals surface area contributed by atoms with Gasteiger partial charge in [-0.05, 0) is 49.6 Å². The van der Waals surface area contributed by atoms with Gasteiger partial charge in [0.15, 0.2) is 5.82 Å². The lowest BCUT2D eigenvalue weighted by Gasteiger charge is -2.32. The smallest absolute Gasteiger partial charge is 0.410 e. The zero-order valence-corrected chi connectivity index (χ0v) is 18.7. The van der Waals surface area contributed by atoms with Crippen LogP contribution in [0.15, 0.2) is 36.8 Å². The third-order valence-corrected chi connectivity index (χ3v) is 6.57. The van der Waals surface area contributed by atoms with Crippen LogP contribution < -0.4 is 4.90 Å². The molecular weight excluding hydrogens is 430 g/mol. The molecule has 2 aromatic heterocycles. The molecule has 1 aromatic carbocycles. The molecule has 2 aliphatic rings. The summed E-state index contributed by atoms with van der Waals surface area (Å²) in [5.74, 6) is 2.84. The summed E-state index contributed by atoms with van der Waals surface area (Å²) < 4.78 is 7.15. The van der Waals surface area contributed by atoms with E-state index in [0.717, 1.165) is 54.6 Å². The molecule has 1 unspecified atom stereocenters. The summed E-state index contributed by atoms with van der Waals surface area (Å²) in [6.45, 7) is 4.09. The second kappa shape index (κ2) is 8.38. The highest BCUT2D eigenvalue weighted by Gasteiger charge is 2.35. The van der Waals surface area contributed by atoms with Crippen LogP contribution >= 0.6 is 11.6 Å². The SMILES string of the molecule is COC(=O)N1Cc2cc(Cl)ccc2-n2c(C3CCN(c4ccncn4)CC3)nnc2C1C. The largest absolute Gasteiger partial charge is 0.453 e. The molecule has 0 spiro atoms. The third kappa shape index (κ3) is 3.56. The molecule has 10 heteroatoms. The number of piperidine rings is 1. The van der Waals surface area contributed by atoms with Gasteiger partial charge in [0, 0.05) is 30.2 Å². The summed E-state index contributed by atoms with van der Waals surface area (Å²) in [5.41, 5.74) is 1.90. The monoisotopic (exact) mass is 453 g/mol. The Morgan fingerprint density at radius 1 is 1.16 bits per heavy atom. The Morgan fingerprint density at radius 3 is 2.66 bits per heavy atom. The van der Waals surface area contributed by atoms with E-state index in [-0.39, 0.29) is 12.0 Å². The Kier molecular flexibility index (Phi) is 5.42. The fraction of sp³-hybridized carbons (Fsp3) is 0.409. The first-order chi connectivity index (χ1) is 15.6. The molecule has 0 radical (unpaired) electrons. The maximum absolute atomic E-state index is 12.5. The number of anilines is 1. The van der Waals surface area contributed by atoms with Crippen molar-refractivity contribution in [1.82, 2.24) is 29.6 Å². The van der Waals surface area contributed by atoms with Crippen LogP contribution in [0.25, 0.3) is 5.69 Å². The quantitative estimate of drug-likeness (QED) is 0.583. The highest BCUT2D eigenvalue weighted by atomic mass is 35.5. The van der Waals surface area contributed by atoms with Crippen LogP contribution in [0, 0.1) is 0 Å². The number of carbonyl (C=O) groups excluding carboxylic acids is 1. The van der Waals surface area contributed by atoms with Crippen LogP contribution in [-0.2, 0) is 11.3 Å². The van der Waals surface area contributed by atoms with Gasteiger partial charge < -0.3 is 9.64 Å². The van der Waals surface area contributed by atoms with Crippen molar-refractivity contribution in [2.24, 2.45) is 0 Å². The van der Waals surface area contributed by atoms with Gasteiger partial charge in [0.25, 0.3) is 0 Å². The average molecular weight is 454 g/mol. The van der Waals surface area contributed by atoms with E-state index in [1.807, 2.05) is 31.2 Å². The summed E-state index contributed by atoms with van der Waals surface area (Å²) in [5, 5.41) is 9.77. The van der Waals surface area contributed by atoms with Crippen LogP contribution in [0.1, 0.15) is 48.9 Å². The number of rotatable bonds is 2. The molecule has 3 aromatic rings. The van der Waals surface area contributed by atoms with Gasteiger partial charge in [-0.2, -0.15) is 0 Å². The van der Waals surface area contributed by atoms with Crippen molar-refractivity contribution < 1.29 is 9.53 Å². The van der Waals surface area contributed by atoms with Gasteiger partial charge in [-0.3, -0.25) is 9.47 Å². The predicted molar refractivity (Wildman–Crippen MR) is 119 cm³/mol. The molecule has 1 atom stereocenters. The van der Waals surface area contributed by atoms with Gasteiger partial charge >= 0.3 is 6.09 Å². The number of aromatic nitrogens is 5. The Labute approximate surface area is 191 Å². The average Bonchev–Trinajstić information content (AvgIpc) is 3.22. The number of ether oxygens (including phenoxy) is 1. The predicted octanol–water partition coefficient (Wildman–Crippen LogP) is 3.74. The molecule has 1 saturated heterocycles. The summed E-state index contributed by atoms with van der Waals surface area (Å²) in [4.78, 5) is 24.8. The Balaban J connectivity index is 1.50. The summed E-state index contributed by atoms with van der Waals surface area (Å²) in [6.07, 6.45) is 4.81. The number of methoxy groups -OCH3 is 1. The molecule has 0 saturated carbocycles. The molecule has 5 rings (SSSR count). The number of hydrogen-bond acceptors (Lipinski definition) is 7. The van der Waals surface area contributed by atoms with E-state index in [1.165, 1.54) is 7.11 Å². The minimum atomic E-state index is -0.403.